The Morgan fingerprint density at radius 2 is 1.85 bits per heavy atom. The second-order valence-corrected chi connectivity index (χ2v) is 7.93. The van der Waals surface area contributed by atoms with Crippen LogP contribution in [-0.2, 0) is 0 Å². The van der Waals surface area contributed by atoms with Crippen LogP contribution in [0.1, 0.15) is 18.0 Å². The Morgan fingerprint density at radius 3 is 2.50 bits per heavy atom. The van der Waals surface area contributed by atoms with Gasteiger partial charge in [-0.15, -0.1) is 11.3 Å². The van der Waals surface area contributed by atoms with E-state index < -0.39 is 0 Å². The third-order valence-corrected chi connectivity index (χ3v) is 5.86. The summed E-state index contributed by atoms with van der Waals surface area (Å²) in [7, 11) is 0. The summed E-state index contributed by atoms with van der Waals surface area (Å²) in [6.45, 7) is 5.69. The molecule has 0 bridgehead atoms. The molecule has 6 nitrogen and oxygen atoms in total. The standard InChI is InChI=1S/C17H17Cl2N5OS/c1-11(16-20-2-7-26-16)23-3-5-24(6-4-23)17-21-15(22-25-17)12-8-13(18)10-14(19)9-12/h2,7-11H,3-6H2,1H3. The maximum atomic E-state index is 6.05. The van der Waals surface area contributed by atoms with Crippen LogP contribution in [0.15, 0.2) is 34.3 Å². The van der Waals surface area contributed by atoms with Gasteiger partial charge in [0.15, 0.2) is 0 Å². The molecule has 4 rings (SSSR count). The number of aromatic nitrogens is 3. The van der Waals surface area contributed by atoms with Crippen molar-refractivity contribution in [1.82, 2.24) is 20.0 Å². The Morgan fingerprint density at radius 1 is 1.12 bits per heavy atom. The number of thiazole rings is 1. The zero-order valence-corrected chi connectivity index (χ0v) is 16.4. The van der Waals surface area contributed by atoms with Crippen LogP contribution in [0.4, 0.5) is 6.01 Å². The van der Waals surface area contributed by atoms with Crippen LogP contribution in [0, 0.1) is 0 Å². The van der Waals surface area contributed by atoms with Gasteiger partial charge in [0.25, 0.3) is 0 Å². The van der Waals surface area contributed by atoms with Crippen LogP contribution in [0.5, 0.6) is 0 Å². The van der Waals surface area contributed by atoms with E-state index >= 15 is 0 Å². The zero-order valence-electron chi connectivity index (χ0n) is 14.1. The van der Waals surface area contributed by atoms with Crippen molar-refractivity contribution in [2.45, 2.75) is 13.0 Å². The van der Waals surface area contributed by atoms with Gasteiger partial charge in [0, 0.05) is 53.4 Å². The van der Waals surface area contributed by atoms with Crippen LogP contribution in [0.3, 0.4) is 0 Å². The lowest BCUT2D eigenvalue weighted by molar-refractivity contribution is 0.194. The molecule has 0 saturated carbocycles. The first kappa shape index (κ1) is 17.7. The second-order valence-electron chi connectivity index (χ2n) is 6.13. The fourth-order valence-corrected chi connectivity index (χ4v) is 4.30. The Hall–Kier alpha value is -1.67. The summed E-state index contributed by atoms with van der Waals surface area (Å²) in [6, 6.07) is 6.07. The Labute approximate surface area is 165 Å². The van der Waals surface area contributed by atoms with Crippen molar-refractivity contribution in [3.8, 4) is 11.4 Å². The number of anilines is 1. The van der Waals surface area contributed by atoms with Crippen molar-refractivity contribution in [2.24, 2.45) is 0 Å². The van der Waals surface area contributed by atoms with Crippen molar-refractivity contribution in [2.75, 3.05) is 31.1 Å². The predicted octanol–water partition coefficient (Wildman–Crippen LogP) is 4.38. The number of rotatable bonds is 4. The predicted molar refractivity (Wildman–Crippen MR) is 104 cm³/mol. The van der Waals surface area contributed by atoms with E-state index in [1.807, 2.05) is 11.6 Å². The van der Waals surface area contributed by atoms with Crippen LogP contribution in [-0.4, -0.2) is 46.2 Å². The van der Waals surface area contributed by atoms with Gasteiger partial charge in [-0.1, -0.05) is 28.4 Å². The van der Waals surface area contributed by atoms with Gasteiger partial charge in [0.1, 0.15) is 5.01 Å². The summed E-state index contributed by atoms with van der Waals surface area (Å²) >= 11 is 13.8. The zero-order chi connectivity index (χ0) is 18.1. The van der Waals surface area contributed by atoms with Gasteiger partial charge in [-0.3, -0.25) is 4.90 Å². The molecular weight excluding hydrogens is 393 g/mol. The molecule has 1 aliphatic heterocycles. The van der Waals surface area contributed by atoms with E-state index in [9.17, 15) is 0 Å². The molecule has 3 aromatic rings. The van der Waals surface area contributed by atoms with E-state index in [2.05, 4.69) is 31.8 Å². The molecule has 0 amide bonds. The van der Waals surface area contributed by atoms with Crippen molar-refractivity contribution >= 4 is 40.6 Å². The molecule has 0 N–H and O–H groups in total. The first-order valence-corrected chi connectivity index (χ1v) is 9.92. The summed E-state index contributed by atoms with van der Waals surface area (Å²) in [6.07, 6.45) is 1.86. The van der Waals surface area contributed by atoms with Gasteiger partial charge in [0.2, 0.25) is 5.82 Å². The quantitative estimate of drug-likeness (QED) is 0.636. The topological polar surface area (TPSA) is 58.3 Å². The van der Waals surface area contributed by atoms with E-state index in [0.29, 0.717) is 27.9 Å². The summed E-state index contributed by atoms with van der Waals surface area (Å²) in [5.41, 5.74) is 0.744. The van der Waals surface area contributed by atoms with Crippen molar-refractivity contribution < 1.29 is 4.52 Å². The van der Waals surface area contributed by atoms with Crippen molar-refractivity contribution in [3.63, 3.8) is 0 Å². The number of piperazine rings is 1. The first-order valence-electron chi connectivity index (χ1n) is 8.29. The number of halogens is 2. The molecule has 1 fully saturated rings. The molecule has 26 heavy (non-hydrogen) atoms. The molecule has 2 aromatic heterocycles. The summed E-state index contributed by atoms with van der Waals surface area (Å²) < 4.78 is 5.46. The summed E-state index contributed by atoms with van der Waals surface area (Å²) in [5, 5.41) is 8.33. The molecule has 9 heteroatoms. The van der Waals surface area contributed by atoms with E-state index in [4.69, 9.17) is 27.7 Å². The average Bonchev–Trinajstić information content (AvgIpc) is 3.32. The van der Waals surface area contributed by atoms with Crippen LogP contribution in [0.2, 0.25) is 10.0 Å². The molecule has 3 heterocycles. The summed E-state index contributed by atoms with van der Waals surface area (Å²) in [5.74, 6) is 0.489. The molecule has 0 radical (unpaired) electrons. The molecule has 0 spiro atoms. The normalized spacial score (nSPS) is 16.8. The Bertz CT molecular complexity index is 857. The Balaban J connectivity index is 1.43. The molecule has 1 aromatic carbocycles. The lowest BCUT2D eigenvalue weighted by atomic mass is 10.2. The third-order valence-electron chi connectivity index (χ3n) is 4.48. The van der Waals surface area contributed by atoms with E-state index in [-0.39, 0.29) is 0 Å². The molecule has 1 atom stereocenters. The number of hydrogen-bond donors (Lipinski definition) is 0. The monoisotopic (exact) mass is 409 g/mol. The van der Waals surface area contributed by atoms with Gasteiger partial charge in [-0.2, -0.15) is 4.98 Å². The fraction of sp³-hybridized carbons (Fsp3) is 0.353. The Kier molecular flexibility index (Phi) is 5.13. The van der Waals surface area contributed by atoms with Crippen molar-refractivity contribution in [3.05, 3.63) is 44.8 Å². The van der Waals surface area contributed by atoms with Crippen LogP contribution < -0.4 is 4.90 Å². The lowest BCUT2D eigenvalue weighted by Crippen LogP contribution is -2.47. The van der Waals surface area contributed by atoms with Gasteiger partial charge in [0.05, 0.1) is 6.04 Å². The van der Waals surface area contributed by atoms with Gasteiger partial charge >= 0.3 is 6.01 Å². The lowest BCUT2D eigenvalue weighted by Gasteiger charge is -2.36. The average molecular weight is 410 g/mol. The fourth-order valence-electron chi connectivity index (χ4n) is 3.04. The van der Waals surface area contributed by atoms with Crippen LogP contribution in [0.25, 0.3) is 11.4 Å². The molecule has 136 valence electrons. The molecule has 1 saturated heterocycles. The second kappa shape index (κ2) is 7.52. The summed E-state index contributed by atoms with van der Waals surface area (Å²) in [4.78, 5) is 13.5. The highest BCUT2D eigenvalue weighted by atomic mass is 35.5. The highest BCUT2D eigenvalue weighted by Crippen LogP contribution is 2.28. The largest absolute Gasteiger partial charge is 0.324 e. The molecule has 1 unspecified atom stereocenters. The van der Waals surface area contributed by atoms with E-state index in [1.54, 1.807) is 29.5 Å². The maximum absolute atomic E-state index is 6.05. The van der Waals surface area contributed by atoms with Crippen molar-refractivity contribution in [1.29, 1.82) is 0 Å². The highest BCUT2D eigenvalue weighted by molar-refractivity contribution is 7.09. The number of nitrogens with zero attached hydrogens (tertiary/aromatic N) is 5. The minimum Gasteiger partial charge on any atom is -0.322 e. The smallest absolute Gasteiger partial charge is 0.322 e. The number of hydrogen-bond acceptors (Lipinski definition) is 7. The van der Waals surface area contributed by atoms with Crippen LogP contribution >= 0.6 is 34.5 Å². The van der Waals surface area contributed by atoms with Gasteiger partial charge in [-0.25, -0.2) is 4.98 Å². The van der Waals surface area contributed by atoms with E-state index in [1.165, 1.54) is 0 Å². The number of benzene rings is 1. The SMILES string of the molecule is CC(c1nccs1)N1CCN(c2nc(-c3cc(Cl)cc(Cl)c3)no2)CC1. The van der Waals surface area contributed by atoms with E-state index in [0.717, 1.165) is 36.8 Å². The molecule has 0 aliphatic carbocycles. The highest BCUT2D eigenvalue weighted by Gasteiger charge is 2.26. The minimum atomic E-state index is 0.323. The molecule has 1 aliphatic rings. The molecular formula is C17H17Cl2N5OS. The third kappa shape index (κ3) is 3.71. The first-order chi connectivity index (χ1) is 12.6. The van der Waals surface area contributed by atoms with Gasteiger partial charge in [-0.05, 0) is 25.1 Å². The minimum absolute atomic E-state index is 0.323. The van der Waals surface area contributed by atoms with Gasteiger partial charge < -0.3 is 9.42 Å². The maximum Gasteiger partial charge on any atom is 0.324 e.